The Bertz CT molecular complexity index is 618. The van der Waals surface area contributed by atoms with E-state index in [-0.39, 0.29) is 30.4 Å². The van der Waals surface area contributed by atoms with Crippen molar-refractivity contribution in [3.63, 3.8) is 0 Å². The second kappa shape index (κ2) is 7.77. The molecule has 1 saturated heterocycles. The van der Waals surface area contributed by atoms with Crippen LogP contribution in [0.5, 0.6) is 6.01 Å². The number of rotatable bonds is 8. The molecule has 2 aliphatic rings. The molecule has 25 heavy (non-hydrogen) atoms. The monoisotopic (exact) mass is 348 g/mol. The zero-order valence-electron chi connectivity index (χ0n) is 14.4. The number of ether oxygens (including phenoxy) is 1. The Kier molecular flexibility index (Phi) is 5.47. The Morgan fingerprint density at radius 3 is 2.52 bits per heavy atom. The van der Waals surface area contributed by atoms with Crippen LogP contribution in [0.4, 0.5) is 0 Å². The van der Waals surface area contributed by atoms with E-state index < -0.39 is 5.97 Å². The summed E-state index contributed by atoms with van der Waals surface area (Å²) in [4.78, 5) is 33.5. The van der Waals surface area contributed by atoms with Gasteiger partial charge in [-0.2, -0.15) is 0 Å². The van der Waals surface area contributed by atoms with Gasteiger partial charge in [-0.05, 0) is 31.6 Å². The molecule has 0 unspecified atom stereocenters. The molecule has 2 atom stereocenters. The molecular weight excluding hydrogens is 324 g/mol. The number of hydrogen-bond acceptors (Lipinski definition) is 6. The summed E-state index contributed by atoms with van der Waals surface area (Å²) in [6.45, 7) is 1.44. The van der Waals surface area contributed by atoms with Crippen LogP contribution in [0.1, 0.15) is 42.5 Å². The quantitative estimate of drug-likeness (QED) is 0.720. The van der Waals surface area contributed by atoms with Crippen molar-refractivity contribution >= 4 is 11.9 Å². The first-order valence-corrected chi connectivity index (χ1v) is 8.68. The first kappa shape index (κ1) is 17.6. The van der Waals surface area contributed by atoms with E-state index in [2.05, 4.69) is 20.2 Å². The van der Waals surface area contributed by atoms with Crippen molar-refractivity contribution in [2.45, 2.75) is 44.2 Å². The summed E-state index contributed by atoms with van der Waals surface area (Å²) >= 11 is 0. The van der Waals surface area contributed by atoms with Gasteiger partial charge in [0, 0.05) is 37.6 Å². The minimum Gasteiger partial charge on any atom is -0.481 e. The second-order valence-electron chi connectivity index (χ2n) is 6.79. The van der Waals surface area contributed by atoms with Gasteiger partial charge in [0.15, 0.2) is 0 Å². The third-order valence-electron chi connectivity index (χ3n) is 4.92. The third-order valence-corrected chi connectivity index (χ3v) is 4.92. The number of nitrogens with zero attached hydrogens (tertiary/aromatic N) is 3. The van der Waals surface area contributed by atoms with Crippen molar-refractivity contribution < 1.29 is 19.4 Å². The summed E-state index contributed by atoms with van der Waals surface area (Å²) in [5, 5.41) is 12.0. The van der Waals surface area contributed by atoms with Gasteiger partial charge in [-0.1, -0.05) is 0 Å². The van der Waals surface area contributed by atoms with Gasteiger partial charge in [0.1, 0.15) is 0 Å². The summed E-state index contributed by atoms with van der Waals surface area (Å²) in [7, 11) is 1.47. The molecular formula is C17H24N4O4. The Morgan fingerprint density at radius 1 is 1.24 bits per heavy atom. The number of carboxylic acids is 1. The smallest absolute Gasteiger partial charge is 0.316 e. The zero-order valence-corrected chi connectivity index (χ0v) is 14.4. The molecule has 2 heterocycles. The molecule has 136 valence electrons. The maximum Gasteiger partial charge on any atom is 0.316 e. The van der Waals surface area contributed by atoms with Gasteiger partial charge in [0.2, 0.25) is 0 Å². The van der Waals surface area contributed by atoms with Crippen LogP contribution >= 0.6 is 0 Å². The largest absolute Gasteiger partial charge is 0.481 e. The highest BCUT2D eigenvalue weighted by Crippen LogP contribution is 2.35. The minimum atomic E-state index is -0.758. The minimum absolute atomic E-state index is 0.0734. The Morgan fingerprint density at radius 2 is 1.92 bits per heavy atom. The van der Waals surface area contributed by atoms with Crippen molar-refractivity contribution in [1.29, 1.82) is 0 Å². The molecule has 8 heteroatoms. The van der Waals surface area contributed by atoms with Gasteiger partial charge in [0.25, 0.3) is 5.91 Å². The van der Waals surface area contributed by atoms with Crippen LogP contribution in [0.25, 0.3) is 0 Å². The molecule has 8 nitrogen and oxygen atoms in total. The van der Waals surface area contributed by atoms with Gasteiger partial charge >= 0.3 is 12.0 Å². The molecule has 0 aromatic carbocycles. The van der Waals surface area contributed by atoms with Gasteiger partial charge < -0.3 is 15.2 Å². The van der Waals surface area contributed by atoms with Crippen molar-refractivity contribution in [3.05, 3.63) is 18.0 Å². The van der Waals surface area contributed by atoms with Crippen molar-refractivity contribution in [1.82, 2.24) is 20.2 Å². The number of nitrogens with one attached hydrogen (secondary N) is 1. The predicted molar refractivity (Wildman–Crippen MR) is 89.4 cm³/mol. The van der Waals surface area contributed by atoms with E-state index in [1.807, 2.05) is 0 Å². The molecule has 1 amide bonds. The molecule has 1 aliphatic carbocycles. The standard InChI is InChI=1S/C17H24N4O4/c1-25-17-19-7-12(8-20-17)16(24)18-9-14-5-4-13(6-15(22)23)21(14)10-11-2-3-11/h7-8,11,13-14H,2-6,9-10H2,1H3,(H,18,24)(H,22,23)/t13-,14+/m1/s1. The highest BCUT2D eigenvalue weighted by Gasteiger charge is 2.38. The molecule has 1 aromatic heterocycles. The van der Waals surface area contributed by atoms with Gasteiger partial charge in [-0.25, -0.2) is 9.97 Å². The van der Waals surface area contributed by atoms with Crippen LogP contribution in [0.15, 0.2) is 12.4 Å². The summed E-state index contributed by atoms with van der Waals surface area (Å²) in [6.07, 6.45) is 7.26. The fourth-order valence-electron chi connectivity index (χ4n) is 3.40. The molecule has 2 N–H and O–H groups in total. The molecule has 3 rings (SSSR count). The highest BCUT2D eigenvalue weighted by atomic mass is 16.5. The number of carboxylic acid groups (broad SMARTS) is 1. The summed E-state index contributed by atoms with van der Waals surface area (Å²) in [5.41, 5.74) is 0.384. The lowest BCUT2D eigenvalue weighted by Crippen LogP contribution is -2.44. The van der Waals surface area contributed by atoms with Gasteiger partial charge in [-0.3, -0.25) is 14.5 Å². The van der Waals surface area contributed by atoms with E-state index >= 15 is 0 Å². The van der Waals surface area contributed by atoms with Crippen LogP contribution in [0.3, 0.4) is 0 Å². The summed E-state index contributed by atoms with van der Waals surface area (Å²) in [5.74, 6) is -0.302. The van der Waals surface area contributed by atoms with Crippen molar-refractivity contribution in [2.75, 3.05) is 20.2 Å². The molecule has 1 aromatic rings. The van der Waals surface area contributed by atoms with E-state index in [0.717, 1.165) is 19.4 Å². The predicted octanol–water partition coefficient (Wildman–Crippen LogP) is 0.933. The molecule has 1 saturated carbocycles. The Hall–Kier alpha value is -2.22. The zero-order chi connectivity index (χ0) is 17.8. The third kappa shape index (κ3) is 4.66. The second-order valence-corrected chi connectivity index (χ2v) is 6.79. The summed E-state index contributed by atoms with van der Waals surface area (Å²) in [6, 6.07) is 0.483. The molecule has 0 bridgehead atoms. The average Bonchev–Trinajstić information content (AvgIpc) is 3.35. The van der Waals surface area contributed by atoms with Crippen molar-refractivity contribution in [3.8, 4) is 6.01 Å². The van der Waals surface area contributed by atoms with Gasteiger partial charge in [-0.15, -0.1) is 0 Å². The number of aliphatic carboxylic acids is 1. The van der Waals surface area contributed by atoms with Crippen LogP contribution < -0.4 is 10.1 Å². The first-order valence-electron chi connectivity index (χ1n) is 8.68. The topological polar surface area (TPSA) is 105 Å². The van der Waals surface area contributed by atoms with E-state index in [1.54, 1.807) is 0 Å². The molecule has 1 aliphatic heterocycles. The lowest BCUT2D eigenvalue weighted by Gasteiger charge is -2.29. The fourth-order valence-corrected chi connectivity index (χ4v) is 3.40. The maximum absolute atomic E-state index is 12.3. The number of carbonyl (C=O) groups excluding carboxylic acids is 1. The molecule has 0 spiro atoms. The first-order chi connectivity index (χ1) is 12.1. The SMILES string of the molecule is COc1ncc(C(=O)NC[C@@H]2CC[C@H](CC(=O)O)N2CC2CC2)cn1. The molecule has 0 radical (unpaired) electrons. The summed E-state index contributed by atoms with van der Waals surface area (Å²) < 4.78 is 4.88. The fraction of sp³-hybridized carbons (Fsp3) is 0.647. The lowest BCUT2D eigenvalue weighted by molar-refractivity contribution is -0.138. The van der Waals surface area contributed by atoms with E-state index in [1.165, 1.54) is 32.3 Å². The van der Waals surface area contributed by atoms with E-state index in [9.17, 15) is 9.59 Å². The molecule has 2 fully saturated rings. The number of amides is 1. The maximum atomic E-state index is 12.3. The number of aromatic nitrogens is 2. The Balaban J connectivity index is 1.56. The highest BCUT2D eigenvalue weighted by molar-refractivity contribution is 5.93. The van der Waals surface area contributed by atoms with Crippen LogP contribution in [-0.4, -0.2) is 64.1 Å². The average molecular weight is 348 g/mol. The van der Waals surface area contributed by atoms with E-state index in [0.29, 0.717) is 18.0 Å². The van der Waals surface area contributed by atoms with E-state index in [4.69, 9.17) is 9.84 Å². The lowest BCUT2D eigenvalue weighted by atomic mass is 10.1. The van der Waals surface area contributed by atoms with Crippen LogP contribution in [0.2, 0.25) is 0 Å². The number of hydrogen-bond donors (Lipinski definition) is 2. The number of methoxy groups -OCH3 is 1. The van der Waals surface area contributed by atoms with Crippen LogP contribution in [0, 0.1) is 5.92 Å². The normalized spacial score (nSPS) is 23.4. The number of likely N-dealkylation sites (tertiary alicyclic amines) is 1. The van der Waals surface area contributed by atoms with Crippen molar-refractivity contribution in [2.24, 2.45) is 5.92 Å². The Labute approximate surface area is 146 Å². The van der Waals surface area contributed by atoms with Gasteiger partial charge in [0.05, 0.1) is 19.1 Å². The number of carbonyl (C=O) groups is 2. The van der Waals surface area contributed by atoms with Crippen LogP contribution in [-0.2, 0) is 4.79 Å².